The summed E-state index contributed by atoms with van der Waals surface area (Å²) in [6.07, 6.45) is 0. The molecule has 14 heavy (non-hydrogen) atoms. The van der Waals surface area contributed by atoms with Gasteiger partial charge < -0.3 is 41.5 Å². The Labute approximate surface area is 120 Å². The van der Waals surface area contributed by atoms with Gasteiger partial charge in [0.15, 0.2) is 0 Å². The minimum absolute atomic E-state index is 0. The van der Waals surface area contributed by atoms with Crippen LogP contribution in [0.25, 0.3) is 0 Å². The fourth-order valence-electron chi connectivity index (χ4n) is 1.14. The molecule has 0 aliphatic rings. The molecule has 0 radical (unpaired) electrons. The maximum atomic E-state index is 9.46. The maximum absolute atomic E-state index is 9.46. The number of hydrogen-bond acceptors (Lipinski definition) is 1. The van der Waals surface area contributed by atoms with Crippen LogP contribution in [-0.4, -0.2) is 5.11 Å². The summed E-state index contributed by atoms with van der Waals surface area (Å²) < 4.78 is 0. The molecule has 0 saturated carbocycles. The van der Waals surface area contributed by atoms with E-state index in [2.05, 4.69) is 13.8 Å². The molecule has 0 aromatic heterocycles. The van der Waals surface area contributed by atoms with Gasteiger partial charge in [0.2, 0.25) is 0 Å². The van der Waals surface area contributed by atoms with Gasteiger partial charge in [-0.15, -0.1) is 0 Å². The van der Waals surface area contributed by atoms with Crippen molar-refractivity contribution >= 4 is 0 Å². The zero-order chi connectivity index (χ0) is 8.43. The van der Waals surface area contributed by atoms with Crippen LogP contribution in [0.5, 0.6) is 5.75 Å². The van der Waals surface area contributed by atoms with Crippen LogP contribution in [0, 0.1) is 6.92 Å². The summed E-state index contributed by atoms with van der Waals surface area (Å²) in [6.45, 7) is 6.12. The molecule has 4 heteroatoms. The van der Waals surface area contributed by atoms with Crippen molar-refractivity contribution < 1.29 is 58.6 Å². The molecule has 82 valence electrons. The van der Waals surface area contributed by atoms with Gasteiger partial charge in [-0.05, 0) is 30.0 Å². The Bertz CT molecular complexity index is 266. The Morgan fingerprint density at radius 3 is 2.07 bits per heavy atom. The van der Waals surface area contributed by atoms with Gasteiger partial charge in [-0.2, -0.15) is 0 Å². The van der Waals surface area contributed by atoms with E-state index in [0.29, 0.717) is 11.7 Å². The molecule has 0 saturated heterocycles. The van der Waals surface area contributed by atoms with Gasteiger partial charge in [-0.1, -0.05) is 26.0 Å². The zero-order valence-corrected chi connectivity index (χ0v) is 12.4. The number of rotatable bonds is 1. The first-order valence-electron chi connectivity index (χ1n) is 3.91. The second-order valence-corrected chi connectivity index (χ2v) is 3.22. The van der Waals surface area contributed by atoms with E-state index in [0.717, 1.165) is 11.1 Å². The van der Waals surface area contributed by atoms with E-state index in [4.69, 9.17) is 0 Å². The van der Waals surface area contributed by atoms with Crippen molar-refractivity contribution in [3.63, 3.8) is 0 Å². The number of aryl methyl sites for hydroxylation is 1. The third-order valence-electron chi connectivity index (χ3n) is 1.81. The third-order valence-corrected chi connectivity index (χ3v) is 1.81. The quantitative estimate of drug-likeness (QED) is 0.410. The van der Waals surface area contributed by atoms with E-state index < -0.39 is 0 Å². The van der Waals surface area contributed by atoms with Gasteiger partial charge in [-0.3, -0.25) is 0 Å². The fourth-order valence-corrected chi connectivity index (χ4v) is 1.14. The van der Waals surface area contributed by atoms with Gasteiger partial charge in [-0.25, -0.2) is 0 Å². The summed E-state index contributed by atoms with van der Waals surface area (Å²) >= 11 is 0. The fraction of sp³-hybridized carbons (Fsp3) is 0.400. The smallest absolute Gasteiger partial charge is 1.00 e. The van der Waals surface area contributed by atoms with Crippen molar-refractivity contribution in [2.24, 2.45) is 0 Å². The van der Waals surface area contributed by atoms with Gasteiger partial charge in [0.25, 0.3) is 0 Å². The summed E-state index contributed by atoms with van der Waals surface area (Å²) in [7, 11) is 0. The predicted molar refractivity (Wildman–Crippen MR) is 46.9 cm³/mol. The van der Waals surface area contributed by atoms with E-state index in [-0.39, 0.29) is 53.5 Å². The average Bonchev–Trinajstić information content (AvgIpc) is 1.85. The van der Waals surface area contributed by atoms with Crippen molar-refractivity contribution in [1.82, 2.24) is 0 Å². The number of phenolic OH excluding ortho intramolecular Hbond substituents is 1. The zero-order valence-electron chi connectivity index (χ0n) is 8.37. The topological polar surface area (TPSA) is 20.2 Å². The number of benzene rings is 1. The van der Waals surface area contributed by atoms with Crippen LogP contribution >= 0.6 is 0 Å². The Morgan fingerprint density at radius 2 is 1.71 bits per heavy atom. The van der Waals surface area contributed by atoms with Crippen molar-refractivity contribution in [1.29, 1.82) is 0 Å². The molecular formula is C10H14ClFeIO. The number of aromatic hydroxyl groups is 1. The molecule has 1 rings (SSSR count). The molecular weight excluding hydrogens is 354 g/mol. The van der Waals surface area contributed by atoms with E-state index in [1.165, 1.54) is 0 Å². The predicted octanol–water partition coefficient (Wildman–Crippen LogP) is -3.17. The third kappa shape index (κ3) is 5.44. The van der Waals surface area contributed by atoms with Crippen molar-refractivity contribution in [2.45, 2.75) is 26.7 Å². The van der Waals surface area contributed by atoms with Crippen molar-refractivity contribution in [3.05, 3.63) is 29.3 Å². The molecule has 0 fully saturated rings. The van der Waals surface area contributed by atoms with Crippen LogP contribution in [0.15, 0.2) is 18.2 Å². The van der Waals surface area contributed by atoms with E-state index in [9.17, 15) is 5.11 Å². The Morgan fingerprint density at radius 1 is 1.21 bits per heavy atom. The van der Waals surface area contributed by atoms with Crippen molar-refractivity contribution in [3.8, 4) is 5.75 Å². The first kappa shape index (κ1) is 20.0. The normalized spacial score (nSPS) is 8.29. The van der Waals surface area contributed by atoms with Crippen LogP contribution in [0.3, 0.4) is 0 Å². The molecule has 1 N–H and O–H groups in total. The first-order valence-corrected chi connectivity index (χ1v) is 3.91. The molecule has 0 aliphatic heterocycles. The van der Waals surface area contributed by atoms with E-state index in [1.807, 2.05) is 19.1 Å². The van der Waals surface area contributed by atoms with Crippen LogP contribution in [0.1, 0.15) is 30.9 Å². The Hall–Kier alpha value is 0.559. The maximum Gasteiger partial charge on any atom is 2.00 e. The minimum atomic E-state index is 0. The summed E-state index contributed by atoms with van der Waals surface area (Å²) in [6, 6.07) is 5.81. The van der Waals surface area contributed by atoms with Gasteiger partial charge in [0.05, 0.1) is 0 Å². The monoisotopic (exact) mass is 368 g/mol. The molecule has 0 atom stereocenters. The molecule has 0 heterocycles. The molecule has 0 bridgehead atoms. The largest absolute Gasteiger partial charge is 2.00 e. The SMILES string of the molecule is Cc1ccc(C(C)C)c(O)c1.[Cl-].[Fe+2].[I-]. The average molecular weight is 368 g/mol. The molecule has 0 amide bonds. The molecule has 0 spiro atoms. The summed E-state index contributed by atoms with van der Waals surface area (Å²) in [5.41, 5.74) is 2.13. The van der Waals surface area contributed by atoms with E-state index >= 15 is 0 Å². The Balaban J connectivity index is -0.000000403. The molecule has 1 aromatic rings. The number of phenols is 1. The van der Waals surface area contributed by atoms with Gasteiger partial charge in [0.1, 0.15) is 5.75 Å². The second-order valence-electron chi connectivity index (χ2n) is 3.22. The molecule has 1 aromatic carbocycles. The van der Waals surface area contributed by atoms with Crippen LogP contribution in [0.2, 0.25) is 0 Å². The molecule has 0 aliphatic carbocycles. The standard InChI is InChI=1S/C10H14O.ClH.Fe.HI/c1-7(2)9-5-4-8(3)6-10(9)11;;;/h4-7,11H,1-3H3;1H;;1H/q;;+2;/p-2. The van der Waals surface area contributed by atoms with Crippen molar-refractivity contribution in [2.75, 3.05) is 0 Å². The van der Waals surface area contributed by atoms with Gasteiger partial charge >= 0.3 is 17.1 Å². The summed E-state index contributed by atoms with van der Waals surface area (Å²) in [5, 5.41) is 9.46. The second kappa shape index (κ2) is 8.83. The first-order chi connectivity index (χ1) is 5.11. The van der Waals surface area contributed by atoms with E-state index in [1.54, 1.807) is 6.07 Å². The summed E-state index contributed by atoms with van der Waals surface area (Å²) in [5.74, 6) is 0.815. The molecule has 1 nitrogen and oxygen atoms in total. The number of halogens is 2. The molecule has 0 unspecified atom stereocenters. The Kier molecular flexibility index (Phi) is 12.6. The van der Waals surface area contributed by atoms with Crippen LogP contribution in [0.4, 0.5) is 0 Å². The van der Waals surface area contributed by atoms with Gasteiger partial charge in [0, 0.05) is 0 Å². The number of hydrogen-bond donors (Lipinski definition) is 1. The minimum Gasteiger partial charge on any atom is -1.00 e. The van der Waals surface area contributed by atoms with Crippen LogP contribution < -0.4 is 36.4 Å². The van der Waals surface area contributed by atoms with Crippen LogP contribution in [-0.2, 0) is 17.1 Å². The summed E-state index contributed by atoms with van der Waals surface area (Å²) in [4.78, 5) is 0.